The molecule has 23 heteroatoms. The molecular weight excluding hydrogens is 1320 g/mol. The molecule has 0 spiro atoms. The van der Waals surface area contributed by atoms with Crippen LogP contribution >= 0.6 is 38.7 Å². The fourth-order valence-corrected chi connectivity index (χ4v) is 4.94. The molecule has 410 valence electrons. The van der Waals surface area contributed by atoms with Gasteiger partial charge in [-0.1, -0.05) is 30.3 Å². The van der Waals surface area contributed by atoms with Gasteiger partial charge in [0.15, 0.2) is 0 Å². The zero-order valence-electron chi connectivity index (χ0n) is 41.3. The zero-order chi connectivity index (χ0) is 49.9. The molecule has 1 aromatic rings. The first-order valence-corrected chi connectivity index (χ1v) is 36.3. The zero-order valence-corrected chi connectivity index (χ0v) is 47.9. The minimum atomic E-state index is 0.500. The number of benzene rings is 1. The van der Waals surface area contributed by atoms with Gasteiger partial charge in [0.1, 0.15) is 0 Å². The number of hydrogen-bond acceptors (Lipinski definition) is 20. The SMILES string of the molecule is CN1[C]N(Cc2ccccc2)C=C1.COCCOCCOCCOCCOCCOCCOCCOCCOCCOCCOCCOCCOCCOCCOCCOCCOCCN.[I][Pt][I]. The molecule has 0 unspecified atom stereocenters. The number of hydrogen-bond donors (Lipinski definition) is 1. The Kier molecular flexibility index (Phi) is 62.3. The van der Waals surface area contributed by atoms with Crippen molar-refractivity contribution >= 4 is 38.7 Å². The minimum absolute atomic E-state index is 0.500. The third-order valence-electron chi connectivity index (χ3n) is 8.23. The summed E-state index contributed by atoms with van der Waals surface area (Å²) in [6, 6.07) is 10.4. The Morgan fingerprint density at radius 2 is 0.623 bits per heavy atom. The number of methoxy groups -OCH3 is 1. The van der Waals surface area contributed by atoms with Gasteiger partial charge in [-0.2, -0.15) is 0 Å². The molecule has 1 aromatic carbocycles. The van der Waals surface area contributed by atoms with Crippen molar-refractivity contribution in [2.24, 2.45) is 5.73 Å². The molecule has 0 amide bonds. The number of nitrogens with two attached hydrogens (primary N) is 1. The molecule has 0 aliphatic carbocycles. The van der Waals surface area contributed by atoms with Gasteiger partial charge in [0.05, 0.1) is 218 Å². The first-order valence-electron chi connectivity index (χ1n) is 23.4. The van der Waals surface area contributed by atoms with Crippen LogP contribution in [0.2, 0.25) is 0 Å². The van der Waals surface area contributed by atoms with Crippen LogP contribution in [0, 0.1) is 6.67 Å². The van der Waals surface area contributed by atoms with E-state index < -0.39 is 0 Å². The Morgan fingerprint density at radius 3 is 0.826 bits per heavy atom. The van der Waals surface area contributed by atoms with Crippen molar-refractivity contribution in [3.63, 3.8) is 0 Å². The number of halogens is 2. The summed E-state index contributed by atoms with van der Waals surface area (Å²) in [5.74, 6) is 0. The van der Waals surface area contributed by atoms with E-state index in [1.807, 2.05) is 35.3 Å². The topological polar surface area (TPSA) is 189 Å². The number of nitrogens with zero attached hydrogens (tertiary/aromatic N) is 2. The molecule has 69 heavy (non-hydrogen) atoms. The molecule has 0 atom stereocenters. The Balaban J connectivity index is 0.00000240. The van der Waals surface area contributed by atoms with Crippen LogP contribution in [0.5, 0.6) is 0 Å². The summed E-state index contributed by atoms with van der Waals surface area (Å²) in [4.78, 5) is 3.96. The maximum absolute atomic E-state index is 5.49. The predicted molar refractivity (Wildman–Crippen MR) is 274 cm³/mol. The van der Waals surface area contributed by atoms with Crippen molar-refractivity contribution in [1.82, 2.24) is 9.80 Å². The van der Waals surface area contributed by atoms with Crippen LogP contribution in [0.3, 0.4) is 0 Å². The molecule has 20 nitrogen and oxygen atoms in total. The summed E-state index contributed by atoms with van der Waals surface area (Å²) in [7, 11) is 3.62. The molecule has 2 N–H and O–H groups in total. The molecule has 2 radical (unpaired) electrons. The van der Waals surface area contributed by atoms with Gasteiger partial charge in [-0.3, -0.25) is 0 Å². The van der Waals surface area contributed by atoms with Crippen LogP contribution in [0.15, 0.2) is 42.7 Å². The number of rotatable bonds is 52. The van der Waals surface area contributed by atoms with E-state index in [1.54, 1.807) is 7.11 Å². The van der Waals surface area contributed by atoms with E-state index in [0.29, 0.717) is 236 Å². The molecule has 0 saturated heterocycles. The van der Waals surface area contributed by atoms with Gasteiger partial charge in [-0.25, -0.2) is 0 Å². The van der Waals surface area contributed by atoms with Crippen LogP contribution < -0.4 is 5.73 Å². The molecule has 0 saturated carbocycles. The van der Waals surface area contributed by atoms with E-state index >= 15 is 0 Å². The van der Waals surface area contributed by atoms with E-state index in [0.717, 1.165) is 6.54 Å². The first-order chi connectivity index (χ1) is 34.2. The summed E-state index contributed by atoms with van der Waals surface area (Å²) in [6.45, 7) is 21.7. The van der Waals surface area contributed by atoms with Crippen molar-refractivity contribution in [1.29, 1.82) is 0 Å². The van der Waals surface area contributed by atoms with Gasteiger partial charge >= 0.3 is 49.9 Å². The summed E-state index contributed by atoms with van der Waals surface area (Å²) in [5.41, 5.74) is 6.64. The fraction of sp³-hybridized carbons (Fsp3) is 0.804. The van der Waals surface area contributed by atoms with Crippen molar-refractivity contribution < 1.29 is 91.7 Å². The first kappa shape index (κ1) is 69.0. The summed E-state index contributed by atoms with van der Waals surface area (Å²) in [6.07, 6.45) is 4.01. The van der Waals surface area contributed by atoms with Crippen LogP contribution in [-0.2, 0) is 98.3 Å². The molecule has 0 fully saturated rings. The van der Waals surface area contributed by atoms with Gasteiger partial charge < -0.3 is 96.1 Å². The number of ether oxygens (including phenoxy) is 17. The second kappa shape index (κ2) is 62.3. The predicted octanol–water partition coefficient (Wildman–Crippen LogP) is 3.53. The van der Waals surface area contributed by atoms with Gasteiger partial charge in [0.25, 0.3) is 0 Å². The second-order valence-electron chi connectivity index (χ2n) is 13.7. The van der Waals surface area contributed by atoms with Crippen LogP contribution in [0.25, 0.3) is 0 Å². The molecule has 0 bridgehead atoms. The summed E-state index contributed by atoms with van der Waals surface area (Å²) in [5, 5.41) is 0. The van der Waals surface area contributed by atoms with E-state index in [-0.39, 0.29) is 0 Å². The molecule has 0 aromatic heterocycles. The standard InChI is InChI=1S/C35H73NO17.C11H12N2.2HI.Pt/c1-37-4-5-39-8-9-41-12-13-43-16-17-45-20-21-47-24-25-49-28-29-51-32-33-53-35-34-52-31-30-50-27-26-48-23-22-46-19-18-44-15-14-42-11-10-40-7-6-38-3-2-36;1-12-7-8-13(10-12)9-11-5-3-2-4-6-11;;;/h2-36H2,1H3;2-8H,9H2,1H3;2*1H;/q;;;;+2/p-2. The molecule has 1 aliphatic rings. The van der Waals surface area contributed by atoms with Gasteiger partial charge in [-0.15, -0.1) is 0 Å². The van der Waals surface area contributed by atoms with Crippen LogP contribution in [-0.4, -0.2) is 249 Å². The van der Waals surface area contributed by atoms with E-state index in [1.165, 1.54) is 5.56 Å². The Bertz CT molecular complexity index is 1080. The third-order valence-corrected chi connectivity index (χ3v) is 8.23. The Hall–Kier alpha value is -0.0117. The summed E-state index contributed by atoms with van der Waals surface area (Å²) < 4.78 is 91.8. The Morgan fingerprint density at radius 1 is 0.391 bits per heavy atom. The molecule has 2 rings (SSSR count). The van der Waals surface area contributed by atoms with Gasteiger partial charge in [-0.05, 0) is 5.56 Å². The van der Waals surface area contributed by atoms with Gasteiger partial charge in [0.2, 0.25) is 6.67 Å². The normalized spacial score (nSPS) is 12.2. The molecule has 1 aliphatic heterocycles. The Labute approximate surface area is 443 Å². The van der Waals surface area contributed by atoms with E-state index in [9.17, 15) is 0 Å². The third kappa shape index (κ3) is 58.7. The molecular formula is C46H85I2N3O17Pt. The summed E-state index contributed by atoms with van der Waals surface area (Å²) >= 11 is 5.30. The monoisotopic (exact) mass is 1400 g/mol. The quantitative estimate of drug-likeness (QED) is 0.0736. The average Bonchev–Trinajstić information content (AvgIpc) is 3.77. The van der Waals surface area contributed by atoms with Crippen LogP contribution in [0.4, 0.5) is 0 Å². The second-order valence-corrected chi connectivity index (χ2v) is 30.3. The van der Waals surface area contributed by atoms with Crippen LogP contribution in [0.1, 0.15) is 5.56 Å². The van der Waals surface area contributed by atoms with E-state index in [2.05, 4.69) is 69.6 Å². The van der Waals surface area contributed by atoms with E-state index in [4.69, 9.17) is 86.3 Å². The maximum atomic E-state index is 5.49. The fourth-order valence-electron chi connectivity index (χ4n) is 4.94. The van der Waals surface area contributed by atoms with Crippen molar-refractivity contribution in [3.8, 4) is 0 Å². The average molecular weight is 1400 g/mol. The van der Waals surface area contributed by atoms with Gasteiger partial charge in [0, 0.05) is 39.6 Å². The van der Waals surface area contributed by atoms with Crippen molar-refractivity contribution in [2.45, 2.75) is 6.54 Å². The molecule has 1 heterocycles. The van der Waals surface area contributed by atoms with Crippen molar-refractivity contribution in [2.75, 3.05) is 239 Å². The van der Waals surface area contributed by atoms with Crippen molar-refractivity contribution in [3.05, 3.63) is 55.0 Å².